The number of aromatic hydroxyl groups is 2. The summed E-state index contributed by atoms with van der Waals surface area (Å²) < 4.78 is 0. The zero-order valence-corrected chi connectivity index (χ0v) is 10.2. The van der Waals surface area contributed by atoms with E-state index in [1.807, 2.05) is 0 Å². The molecule has 0 bridgehead atoms. The molecule has 0 spiro atoms. The molecule has 0 unspecified atom stereocenters. The first kappa shape index (κ1) is 13.6. The van der Waals surface area contributed by atoms with Crippen LogP contribution in [-0.4, -0.2) is 28.5 Å². The summed E-state index contributed by atoms with van der Waals surface area (Å²) in [6, 6.07) is 4.20. The lowest BCUT2D eigenvalue weighted by molar-refractivity contribution is 0.0947. The maximum Gasteiger partial charge on any atom is 0.258 e. The molecule has 3 N–H and O–H groups in total. The molecule has 0 fully saturated rings. The average molecular weight is 258 g/mol. The number of carbonyl (C=O) groups is 1. The number of phenols is 2. The van der Waals surface area contributed by atoms with Gasteiger partial charge in [-0.05, 0) is 25.0 Å². The highest BCUT2D eigenvalue weighted by Crippen LogP contribution is 2.25. The minimum absolute atomic E-state index is 0.0788. The number of nitrogens with one attached hydrogen (secondary N) is 1. The summed E-state index contributed by atoms with van der Waals surface area (Å²) in [7, 11) is 0. The van der Waals surface area contributed by atoms with Crippen molar-refractivity contribution < 1.29 is 15.0 Å². The van der Waals surface area contributed by atoms with Gasteiger partial charge < -0.3 is 15.5 Å². The van der Waals surface area contributed by atoms with E-state index >= 15 is 0 Å². The maximum atomic E-state index is 11.7. The minimum atomic E-state index is -0.466. The Morgan fingerprint density at radius 1 is 1.18 bits per heavy atom. The number of rotatable bonds is 6. The van der Waals surface area contributed by atoms with E-state index in [4.69, 9.17) is 11.6 Å². The number of benzene rings is 1. The lowest BCUT2D eigenvalue weighted by atomic mass is 10.1. The number of halogens is 1. The fourth-order valence-electron chi connectivity index (χ4n) is 1.45. The minimum Gasteiger partial charge on any atom is -0.507 e. The molecule has 1 rings (SSSR count). The Hall–Kier alpha value is -1.42. The van der Waals surface area contributed by atoms with Crippen molar-refractivity contribution in [2.75, 3.05) is 12.4 Å². The van der Waals surface area contributed by atoms with E-state index in [0.29, 0.717) is 12.4 Å². The topological polar surface area (TPSA) is 69.6 Å². The van der Waals surface area contributed by atoms with E-state index in [1.54, 1.807) is 0 Å². The van der Waals surface area contributed by atoms with Crippen molar-refractivity contribution in [3.63, 3.8) is 0 Å². The van der Waals surface area contributed by atoms with Crippen LogP contribution in [0.4, 0.5) is 0 Å². The Labute approximate surface area is 105 Å². The Morgan fingerprint density at radius 2 is 1.82 bits per heavy atom. The molecule has 1 amide bonds. The van der Waals surface area contributed by atoms with Gasteiger partial charge in [0, 0.05) is 12.4 Å². The van der Waals surface area contributed by atoms with Crippen LogP contribution in [-0.2, 0) is 0 Å². The molecule has 17 heavy (non-hydrogen) atoms. The van der Waals surface area contributed by atoms with Gasteiger partial charge in [-0.1, -0.05) is 12.5 Å². The van der Waals surface area contributed by atoms with Gasteiger partial charge in [0.25, 0.3) is 5.91 Å². The van der Waals surface area contributed by atoms with Crippen molar-refractivity contribution in [3.05, 3.63) is 23.8 Å². The summed E-state index contributed by atoms with van der Waals surface area (Å²) in [6.45, 7) is 0.503. The van der Waals surface area contributed by atoms with Crippen LogP contribution in [0.15, 0.2) is 18.2 Å². The molecular formula is C12H16ClNO3. The van der Waals surface area contributed by atoms with Crippen LogP contribution in [0.25, 0.3) is 0 Å². The second kappa shape index (κ2) is 7.01. The van der Waals surface area contributed by atoms with Crippen LogP contribution in [0.2, 0.25) is 0 Å². The first-order valence-electron chi connectivity index (χ1n) is 5.52. The predicted octanol–water partition coefficient (Wildman–Crippen LogP) is 2.24. The summed E-state index contributed by atoms with van der Waals surface area (Å²) in [6.07, 6.45) is 2.68. The molecule has 5 heteroatoms. The largest absolute Gasteiger partial charge is 0.507 e. The number of hydrogen-bond donors (Lipinski definition) is 3. The summed E-state index contributed by atoms with van der Waals surface area (Å²) in [5.41, 5.74) is -0.0788. The molecule has 0 saturated carbocycles. The van der Waals surface area contributed by atoms with Crippen molar-refractivity contribution in [2.24, 2.45) is 0 Å². The van der Waals surface area contributed by atoms with Crippen LogP contribution in [0.5, 0.6) is 11.5 Å². The van der Waals surface area contributed by atoms with Crippen molar-refractivity contribution in [1.29, 1.82) is 0 Å². The number of phenolic OH excluding ortho intramolecular Hbond substituents is 2. The van der Waals surface area contributed by atoms with Gasteiger partial charge in [0.05, 0.1) is 0 Å². The van der Waals surface area contributed by atoms with Crippen LogP contribution in [0, 0.1) is 0 Å². The lowest BCUT2D eigenvalue weighted by Gasteiger charge is -2.08. The van der Waals surface area contributed by atoms with E-state index in [2.05, 4.69) is 5.32 Å². The number of unbranched alkanes of at least 4 members (excludes halogenated alkanes) is 2. The zero-order chi connectivity index (χ0) is 12.7. The third-order valence-corrected chi connectivity index (χ3v) is 2.61. The molecule has 0 aliphatic rings. The van der Waals surface area contributed by atoms with Crippen LogP contribution in [0.3, 0.4) is 0 Å². The van der Waals surface area contributed by atoms with Gasteiger partial charge in [0.15, 0.2) is 0 Å². The number of alkyl halides is 1. The van der Waals surface area contributed by atoms with Gasteiger partial charge in [0.1, 0.15) is 17.1 Å². The quantitative estimate of drug-likeness (QED) is 0.541. The molecule has 0 saturated heterocycles. The normalized spacial score (nSPS) is 10.2. The Morgan fingerprint density at radius 3 is 2.41 bits per heavy atom. The Bertz CT molecular complexity index is 362. The zero-order valence-electron chi connectivity index (χ0n) is 9.45. The van der Waals surface area contributed by atoms with E-state index < -0.39 is 5.91 Å². The Balaban J connectivity index is 2.47. The van der Waals surface area contributed by atoms with Gasteiger partial charge in [0.2, 0.25) is 0 Å². The molecule has 94 valence electrons. The molecule has 0 aromatic heterocycles. The van der Waals surface area contributed by atoms with Gasteiger partial charge in [-0.15, -0.1) is 11.6 Å². The number of carbonyl (C=O) groups excluding carboxylic acids is 1. The monoisotopic (exact) mass is 257 g/mol. The van der Waals surface area contributed by atoms with Crippen molar-refractivity contribution in [1.82, 2.24) is 5.32 Å². The van der Waals surface area contributed by atoms with Crippen LogP contribution < -0.4 is 5.32 Å². The number of hydrogen-bond acceptors (Lipinski definition) is 3. The molecule has 1 aromatic carbocycles. The average Bonchev–Trinajstić information content (AvgIpc) is 2.28. The highest BCUT2D eigenvalue weighted by Gasteiger charge is 2.14. The maximum absolute atomic E-state index is 11.7. The van der Waals surface area contributed by atoms with Crippen LogP contribution in [0.1, 0.15) is 29.6 Å². The third kappa shape index (κ3) is 4.15. The first-order chi connectivity index (χ1) is 8.16. The summed E-state index contributed by atoms with van der Waals surface area (Å²) in [5.74, 6) is -0.285. The predicted molar refractivity (Wildman–Crippen MR) is 66.7 cm³/mol. The third-order valence-electron chi connectivity index (χ3n) is 2.34. The summed E-state index contributed by atoms with van der Waals surface area (Å²) >= 11 is 5.53. The fraction of sp³-hybridized carbons (Fsp3) is 0.417. The van der Waals surface area contributed by atoms with E-state index in [-0.39, 0.29) is 17.1 Å². The summed E-state index contributed by atoms with van der Waals surface area (Å²) in [5, 5.41) is 21.6. The molecule has 0 heterocycles. The van der Waals surface area contributed by atoms with Crippen molar-refractivity contribution >= 4 is 17.5 Å². The molecule has 0 atom stereocenters. The standard InChI is InChI=1S/C12H16ClNO3/c13-7-2-1-3-8-14-12(17)11-9(15)5-4-6-10(11)16/h4-6,15-16H,1-3,7-8H2,(H,14,17). The second-order valence-corrected chi connectivity index (χ2v) is 4.05. The highest BCUT2D eigenvalue weighted by molar-refractivity contribution is 6.17. The smallest absolute Gasteiger partial charge is 0.258 e. The van der Waals surface area contributed by atoms with Crippen LogP contribution >= 0.6 is 11.6 Å². The Kier molecular flexibility index (Phi) is 5.63. The van der Waals surface area contributed by atoms with Gasteiger partial charge in [-0.2, -0.15) is 0 Å². The van der Waals surface area contributed by atoms with Crippen molar-refractivity contribution in [3.8, 4) is 11.5 Å². The molecule has 1 aromatic rings. The first-order valence-corrected chi connectivity index (χ1v) is 6.05. The van der Waals surface area contributed by atoms with Gasteiger partial charge in [-0.25, -0.2) is 0 Å². The molecular weight excluding hydrogens is 242 g/mol. The van der Waals surface area contributed by atoms with Crippen molar-refractivity contribution in [2.45, 2.75) is 19.3 Å². The van der Waals surface area contributed by atoms with Gasteiger partial charge >= 0.3 is 0 Å². The van der Waals surface area contributed by atoms with E-state index in [9.17, 15) is 15.0 Å². The highest BCUT2D eigenvalue weighted by atomic mass is 35.5. The SMILES string of the molecule is O=C(NCCCCCCl)c1c(O)cccc1O. The molecule has 4 nitrogen and oxygen atoms in total. The summed E-state index contributed by atoms with van der Waals surface area (Å²) in [4.78, 5) is 11.7. The fourth-order valence-corrected chi connectivity index (χ4v) is 1.64. The second-order valence-electron chi connectivity index (χ2n) is 3.68. The molecule has 0 aliphatic carbocycles. The molecule has 0 radical (unpaired) electrons. The van der Waals surface area contributed by atoms with E-state index in [0.717, 1.165) is 19.3 Å². The lowest BCUT2D eigenvalue weighted by Crippen LogP contribution is -2.24. The van der Waals surface area contributed by atoms with E-state index in [1.165, 1.54) is 18.2 Å². The van der Waals surface area contributed by atoms with Gasteiger partial charge in [-0.3, -0.25) is 4.79 Å². The number of amides is 1. The molecule has 0 aliphatic heterocycles.